The third kappa shape index (κ3) is 2.68. The van der Waals surface area contributed by atoms with Crippen LogP contribution in [0.4, 0.5) is 0 Å². The number of hydrogen-bond donors (Lipinski definition) is 0. The molecule has 0 aliphatic carbocycles. The van der Waals surface area contributed by atoms with E-state index in [0.717, 1.165) is 6.42 Å². The van der Waals surface area contributed by atoms with Crippen LogP contribution in [0.1, 0.15) is 12.5 Å². The van der Waals surface area contributed by atoms with Crippen molar-refractivity contribution in [3.05, 3.63) is 28.4 Å². The minimum Gasteiger partial charge on any atom is -0.0613 e. The second-order valence-corrected chi connectivity index (χ2v) is 5.63. The van der Waals surface area contributed by atoms with Crippen molar-refractivity contribution in [2.45, 2.75) is 13.3 Å². The molecule has 11 heavy (non-hydrogen) atoms. The summed E-state index contributed by atoms with van der Waals surface area (Å²) in [6.07, 6.45) is 1.13. The second kappa shape index (κ2) is 4.59. The van der Waals surface area contributed by atoms with Gasteiger partial charge in [0, 0.05) is 10.7 Å². The van der Waals surface area contributed by atoms with Crippen LogP contribution in [-0.4, -0.2) is 0 Å². The van der Waals surface area contributed by atoms with Gasteiger partial charge in [0.1, 0.15) is 0 Å². The topological polar surface area (TPSA) is 0 Å². The van der Waals surface area contributed by atoms with Crippen molar-refractivity contribution in [1.29, 1.82) is 0 Å². The molecule has 1 aromatic carbocycles. The normalized spacial score (nSPS) is 10.2. The molecule has 0 radical (unpaired) electrons. The Kier molecular flexibility index (Phi) is 4.38. The maximum absolute atomic E-state index is 2.39. The molecule has 1 rings (SSSR count). The van der Waals surface area contributed by atoms with Gasteiger partial charge in [0.25, 0.3) is 0 Å². The quantitative estimate of drug-likeness (QED) is 0.417. The minimum atomic E-state index is 1.13. The van der Waals surface area contributed by atoms with Gasteiger partial charge in [0.2, 0.25) is 0 Å². The van der Waals surface area contributed by atoms with Gasteiger partial charge in [0.05, 0.1) is 0 Å². The molecule has 3 heteroatoms. The van der Waals surface area contributed by atoms with Gasteiger partial charge in [-0.2, -0.15) is 0 Å². The van der Waals surface area contributed by atoms with Crippen LogP contribution in [0.15, 0.2) is 12.1 Å². The predicted octanol–water partition coefficient (Wildman–Crippen LogP) is 4.06. The van der Waals surface area contributed by atoms with Gasteiger partial charge in [-0.05, 0) is 91.9 Å². The van der Waals surface area contributed by atoms with Crippen molar-refractivity contribution in [2.24, 2.45) is 0 Å². The van der Waals surface area contributed by atoms with Crippen molar-refractivity contribution in [3.63, 3.8) is 0 Å². The fourth-order valence-corrected chi connectivity index (χ4v) is 3.02. The van der Waals surface area contributed by atoms with E-state index >= 15 is 0 Å². The summed E-state index contributed by atoms with van der Waals surface area (Å²) in [5.74, 6) is 0. The van der Waals surface area contributed by atoms with Crippen molar-refractivity contribution in [3.8, 4) is 0 Å². The molecule has 0 saturated heterocycles. The Hall–Kier alpha value is 1.41. The summed E-state index contributed by atoms with van der Waals surface area (Å²) in [6.45, 7) is 2.19. The minimum absolute atomic E-state index is 1.13. The highest BCUT2D eigenvalue weighted by Gasteiger charge is 2.02. The van der Waals surface area contributed by atoms with E-state index in [9.17, 15) is 0 Å². The van der Waals surface area contributed by atoms with Crippen LogP contribution in [0.5, 0.6) is 0 Å². The van der Waals surface area contributed by atoms with Crippen LogP contribution < -0.4 is 0 Å². The van der Waals surface area contributed by atoms with E-state index in [4.69, 9.17) is 0 Å². The molecule has 0 aliphatic heterocycles. The van der Waals surface area contributed by atoms with E-state index < -0.39 is 0 Å². The zero-order valence-electron chi connectivity index (χ0n) is 6.00. The van der Waals surface area contributed by atoms with Gasteiger partial charge in [-0.3, -0.25) is 0 Å². The molecule has 0 fully saturated rings. The first-order valence-corrected chi connectivity index (χ1v) is 6.52. The summed E-state index contributed by atoms with van der Waals surface area (Å²) < 4.78 is 4.11. The molecule has 0 saturated carbocycles. The lowest BCUT2D eigenvalue weighted by Crippen LogP contribution is -1.89. The smallest absolute Gasteiger partial charge is 0.0397 e. The summed E-state index contributed by atoms with van der Waals surface area (Å²) in [5, 5.41) is 0. The lowest BCUT2D eigenvalue weighted by atomic mass is 10.2. The number of halogens is 3. The lowest BCUT2D eigenvalue weighted by molar-refractivity contribution is 1.13. The molecule has 0 spiro atoms. The monoisotopic (exact) mass is 484 g/mol. The van der Waals surface area contributed by atoms with Crippen molar-refractivity contribution < 1.29 is 0 Å². The highest BCUT2D eigenvalue weighted by Crippen LogP contribution is 2.23. The maximum atomic E-state index is 2.39. The molecule has 0 N–H and O–H groups in total. The Bertz CT molecular complexity index is 245. The van der Waals surface area contributed by atoms with Crippen LogP contribution in [0.3, 0.4) is 0 Å². The van der Waals surface area contributed by atoms with E-state index in [1.807, 2.05) is 0 Å². The average molecular weight is 484 g/mol. The van der Waals surface area contributed by atoms with Gasteiger partial charge in [-0.15, -0.1) is 0 Å². The second-order valence-electron chi connectivity index (χ2n) is 2.23. The Labute approximate surface area is 108 Å². The summed E-state index contributed by atoms with van der Waals surface area (Å²) in [6, 6.07) is 4.51. The van der Waals surface area contributed by atoms with E-state index in [1.165, 1.54) is 16.3 Å². The highest BCUT2D eigenvalue weighted by atomic mass is 127. The van der Waals surface area contributed by atoms with Crippen LogP contribution in [0, 0.1) is 10.7 Å². The molecule has 0 amide bonds. The molecule has 0 aromatic heterocycles. The lowest BCUT2D eigenvalue weighted by Gasteiger charge is -2.02. The number of benzene rings is 1. The van der Waals surface area contributed by atoms with Gasteiger partial charge in [-0.25, -0.2) is 0 Å². The van der Waals surface area contributed by atoms with E-state index in [-0.39, 0.29) is 0 Å². The average Bonchev–Trinajstić information content (AvgIpc) is 1.99. The van der Waals surface area contributed by atoms with Crippen LogP contribution in [0.25, 0.3) is 0 Å². The zero-order chi connectivity index (χ0) is 8.43. The number of aryl methyl sites for hydroxylation is 1. The van der Waals surface area contributed by atoms with Gasteiger partial charge in [-0.1, -0.05) is 6.92 Å². The number of rotatable bonds is 1. The first-order valence-electron chi connectivity index (χ1n) is 3.28. The molecule has 0 nitrogen and oxygen atoms in total. The highest BCUT2D eigenvalue weighted by molar-refractivity contribution is 14.1. The van der Waals surface area contributed by atoms with Crippen LogP contribution >= 0.6 is 67.8 Å². The Balaban J connectivity index is 3.21. The largest absolute Gasteiger partial charge is 0.0613 e. The molecule has 60 valence electrons. The van der Waals surface area contributed by atoms with Crippen molar-refractivity contribution >= 4 is 67.8 Å². The SMILES string of the molecule is CCc1cc(I)c(I)c(I)c1. The molecule has 0 atom stereocenters. The van der Waals surface area contributed by atoms with E-state index in [2.05, 4.69) is 86.8 Å². The Morgan fingerprint density at radius 2 is 1.55 bits per heavy atom. The molecule has 0 bridgehead atoms. The Morgan fingerprint density at radius 3 is 1.91 bits per heavy atom. The van der Waals surface area contributed by atoms with Crippen LogP contribution in [-0.2, 0) is 6.42 Å². The standard InChI is InChI=1S/C8H7I3/c1-2-5-3-6(9)8(11)7(10)4-5/h3-4H,2H2,1H3. The number of hydrogen-bond acceptors (Lipinski definition) is 0. The van der Waals surface area contributed by atoms with Crippen molar-refractivity contribution in [2.75, 3.05) is 0 Å². The molecule has 0 aliphatic rings. The molecule has 1 aromatic rings. The third-order valence-electron chi connectivity index (χ3n) is 1.45. The summed E-state index contributed by atoms with van der Waals surface area (Å²) >= 11 is 7.16. The summed E-state index contributed by atoms with van der Waals surface area (Å²) in [4.78, 5) is 0. The zero-order valence-corrected chi connectivity index (χ0v) is 12.5. The van der Waals surface area contributed by atoms with Gasteiger partial charge < -0.3 is 0 Å². The molecule has 0 unspecified atom stereocenters. The summed E-state index contributed by atoms with van der Waals surface area (Å²) in [7, 11) is 0. The fourth-order valence-electron chi connectivity index (χ4n) is 0.812. The summed E-state index contributed by atoms with van der Waals surface area (Å²) in [5.41, 5.74) is 1.43. The first-order chi connectivity index (χ1) is 5.15. The van der Waals surface area contributed by atoms with Gasteiger partial charge >= 0.3 is 0 Å². The molecular formula is C8H7I3. The van der Waals surface area contributed by atoms with E-state index in [0.29, 0.717) is 0 Å². The van der Waals surface area contributed by atoms with Crippen molar-refractivity contribution in [1.82, 2.24) is 0 Å². The van der Waals surface area contributed by atoms with Crippen LogP contribution in [0.2, 0.25) is 0 Å². The molecule has 0 heterocycles. The predicted molar refractivity (Wildman–Crippen MR) is 74.0 cm³/mol. The fraction of sp³-hybridized carbons (Fsp3) is 0.250. The van der Waals surface area contributed by atoms with E-state index in [1.54, 1.807) is 0 Å². The van der Waals surface area contributed by atoms with Gasteiger partial charge in [0.15, 0.2) is 0 Å². The maximum Gasteiger partial charge on any atom is 0.0397 e. The third-order valence-corrected chi connectivity index (χ3v) is 6.38. The first kappa shape index (κ1) is 10.5. The Morgan fingerprint density at radius 1 is 1.09 bits per heavy atom. The molecular weight excluding hydrogens is 477 g/mol.